The maximum atomic E-state index is 11.4. The van der Waals surface area contributed by atoms with Crippen LogP contribution in [0.25, 0.3) is 0 Å². The fraction of sp³-hybridized carbons (Fsp3) is 0.909. The molecule has 94 valence electrons. The van der Waals surface area contributed by atoms with Gasteiger partial charge in [-0.05, 0) is 26.7 Å². The van der Waals surface area contributed by atoms with Gasteiger partial charge in [-0.3, -0.25) is 15.1 Å². The van der Waals surface area contributed by atoms with Crippen molar-refractivity contribution in [3.63, 3.8) is 0 Å². The van der Waals surface area contributed by atoms with Gasteiger partial charge in [-0.25, -0.2) is 5.84 Å². The number of rotatable bonds is 3. The van der Waals surface area contributed by atoms with E-state index in [1.807, 2.05) is 20.8 Å². The summed E-state index contributed by atoms with van der Waals surface area (Å²) in [7, 11) is 0. The number of hydrogen-bond donors (Lipinski definition) is 3. The van der Waals surface area contributed by atoms with Gasteiger partial charge in [0.15, 0.2) is 0 Å². The second-order valence-corrected chi connectivity index (χ2v) is 5.07. The van der Waals surface area contributed by atoms with Crippen molar-refractivity contribution in [2.75, 3.05) is 13.1 Å². The molecule has 1 aliphatic heterocycles. The Kier molecular flexibility index (Phi) is 4.29. The van der Waals surface area contributed by atoms with Crippen LogP contribution < -0.4 is 11.3 Å². The number of amides is 1. The molecule has 1 rings (SSSR count). The van der Waals surface area contributed by atoms with Crippen LogP contribution in [-0.4, -0.2) is 40.6 Å². The van der Waals surface area contributed by atoms with Crippen molar-refractivity contribution in [2.24, 2.45) is 11.8 Å². The maximum absolute atomic E-state index is 11.4. The van der Waals surface area contributed by atoms with E-state index in [1.165, 1.54) is 0 Å². The van der Waals surface area contributed by atoms with E-state index in [-0.39, 0.29) is 17.9 Å². The van der Waals surface area contributed by atoms with Crippen LogP contribution in [0.2, 0.25) is 0 Å². The van der Waals surface area contributed by atoms with Crippen molar-refractivity contribution < 1.29 is 9.90 Å². The Labute approximate surface area is 97.0 Å². The zero-order valence-electron chi connectivity index (χ0n) is 10.4. The van der Waals surface area contributed by atoms with Crippen molar-refractivity contribution in [3.05, 3.63) is 0 Å². The fourth-order valence-electron chi connectivity index (χ4n) is 2.08. The Morgan fingerprint density at radius 2 is 1.94 bits per heavy atom. The molecule has 4 N–H and O–H groups in total. The third-order valence-corrected chi connectivity index (χ3v) is 3.73. The van der Waals surface area contributed by atoms with Gasteiger partial charge in [-0.1, -0.05) is 6.92 Å². The molecule has 0 saturated carbocycles. The number of hydrogen-bond acceptors (Lipinski definition) is 4. The number of nitrogens with zero attached hydrogens (tertiary/aromatic N) is 1. The van der Waals surface area contributed by atoms with E-state index in [0.29, 0.717) is 0 Å². The first-order valence-electron chi connectivity index (χ1n) is 5.84. The zero-order valence-corrected chi connectivity index (χ0v) is 10.4. The second kappa shape index (κ2) is 5.12. The normalized spacial score (nSPS) is 24.8. The van der Waals surface area contributed by atoms with Gasteiger partial charge < -0.3 is 5.11 Å². The number of aliphatic hydroxyl groups is 1. The van der Waals surface area contributed by atoms with Crippen LogP contribution in [0.4, 0.5) is 0 Å². The summed E-state index contributed by atoms with van der Waals surface area (Å²) in [5.74, 6) is 4.86. The summed E-state index contributed by atoms with van der Waals surface area (Å²) in [6.07, 6.45) is 1.52. The molecule has 5 nitrogen and oxygen atoms in total. The summed E-state index contributed by atoms with van der Waals surface area (Å²) in [4.78, 5) is 13.6. The van der Waals surface area contributed by atoms with E-state index in [1.54, 1.807) is 0 Å². The van der Waals surface area contributed by atoms with E-state index in [9.17, 15) is 9.90 Å². The largest absolute Gasteiger partial charge is 0.390 e. The Hall–Kier alpha value is -0.650. The van der Waals surface area contributed by atoms with Crippen molar-refractivity contribution in [2.45, 2.75) is 45.3 Å². The lowest BCUT2D eigenvalue weighted by molar-refractivity contribution is -0.127. The summed E-state index contributed by atoms with van der Waals surface area (Å²) in [6, 6.07) is 0.152. The SMILES string of the molecule is CC(C(=O)NN)C(C)N1CCC(C)(O)CC1. The van der Waals surface area contributed by atoms with Gasteiger partial charge in [-0.15, -0.1) is 0 Å². The molecule has 2 atom stereocenters. The summed E-state index contributed by atoms with van der Waals surface area (Å²) >= 11 is 0. The van der Waals surface area contributed by atoms with E-state index in [2.05, 4.69) is 10.3 Å². The summed E-state index contributed by atoms with van der Waals surface area (Å²) < 4.78 is 0. The van der Waals surface area contributed by atoms with Gasteiger partial charge >= 0.3 is 0 Å². The van der Waals surface area contributed by atoms with Crippen molar-refractivity contribution in [1.29, 1.82) is 0 Å². The summed E-state index contributed by atoms with van der Waals surface area (Å²) in [6.45, 7) is 7.43. The lowest BCUT2D eigenvalue weighted by atomic mass is 9.91. The van der Waals surface area contributed by atoms with Gasteiger partial charge in [0.25, 0.3) is 0 Å². The topological polar surface area (TPSA) is 78.6 Å². The highest BCUT2D eigenvalue weighted by Crippen LogP contribution is 2.24. The van der Waals surface area contributed by atoms with E-state index in [4.69, 9.17) is 5.84 Å². The Morgan fingerprint density at radius 1 is 1.44 bits per heavy atom. The second-order valence-electron chi connectivity index (χ2n) is 5.07. The lowest BCUT2D eigenvalue weighted by Gasteiger charge is -2.40. The van der Waals surface area contributed by atoms with Crippen molar-refractivity contribution in [1.82, 2.24) is 10.3 Å². The van der Waals surface area contributed by atoms with E-state index in [0.717, 1.165) is 25.9 Å². The van der Waals surface area contributed by atoms with Gasteiger partial charge in [0.1, 0.15) is 0 Å². The van der Waals surface area contributed by atoms with Crippen LogP contribution in [0.15, 0.2) is 0 Å². The van der Waals surface area contributed by atoms with Gasteiger partial charge in [0.05, 0.1) is 11.5 Å². The minimum Gasteiger partial charge on any atom is -0.390 e. The average Bonchev–Trinajstić information content (AvgIpc) is 2.26. The first kappa shape index (κ1) is 13.4. The fourth-order valence-corrected chi connectivity index (χ4v) is 2.08. The molecule has 1 aliphatic rings. The average molecular weight is 229 g/mol. The molecule has 0 aromatic rings. The first-order chi connectivity index (χ1) is 7.37. The molecular formula is C11H23N3O2. The van der Waals surface area contributed by atoms with E-state index < -0.39 is 5.60 Å². The third-order valence-electron chi connectivity index (χ3n) is 3.73. The molecule has 0 aromatic carbocycles. The molecule has 2 unspecified atom stereocenters. The Morgan fingerprint density at radius 3 is 2.38 bits per heavy atom. The van der Waals surface area contributed by atoms with Gasteiger partial charge in [0, 0.05) is 19.1 Å². The number of likely N-dealkylation sites (tertiary alicyclic amines) is 1. The third kappa shape index (κ3) is 3.17. The molecular weight excluding hydrogens is 206 g/mol. The quantitative estimate of drug-likeness (QED) is 0.357. The Bertz CT molecular complexity index is 246. The summed E-state index contributed by atoms with van der Waals surface area (Å²) in [5, 5.41) is 9.84. The molecule has 0 spiro atoms. The standard InChI is InChI=1S/C11H23N3O2/c1-8(10(15)13-12)9(2)14-6-4-11(3,16)5-7-14/h8-9,16H,4-7,12H2,1-3H3,(H,13,15). The number of carbonyl (C=O) groups is 1. The number of nitrogens with one attached hydrogen (secondary N) is 1. The molecule has 0 aromatic heterocycles. The summed E-state index contributed by atoms with van der Waals surface area (Å²) in [5.41, 5.74) is 1.64. The van der Waals surface area contributed by atoms with Crippen LogP contribution in [0.1, 0.15) is 33.6 Å². The minimum atomic E-state index is -0.546. The minimum absolute atomic E-state index is 0.131. The highest BCUT2D eigenvalue weighted by molar-refractivity contribution is 5.78. The molecule has 1 saturated heterocycles. The molecule has 16 heavy (non-hydrogen) atoms. The van der Waals surface area contributed by atoms with Crippen LogP contribution in [-0.2, 0) is 4.79 Å². The lowest BCUT2D eigenvalue weighted by Crippen LogP contribution is -2.51. The van der Waals surface area contributed by atoms with Gasteiger partial charge in [-0.2, -0.15) is 0 Å². The Balaban J connectivity index is 2.50. The number of piperidine rings is 1. The van der Waals surface area contributed by atoms with Crippen molar-refractivity contribution >= 4 is 5.91 Å². The van der Waals surface area contributed by atoms with E-state index >= 15 is 0 Å². The smallest absolute Gasteiger partial charge is 0.238 e. The van der Waals surface area contributed by atoms with Crippen molar-refractivity contribution in [3.8, 4) is 0 Å². The monoisotopic (exact) mass is 229 g/mol. The van der Waals surface area contributed by atoms with Crippen LogP contribution in [0, 0.1) is 5.92 Å². The maximum Gasteiger partial charge on any atom is 0.238 e. The highest BCUT2D eigenvalue weighted by atomic mass is 16.3. The molecule has 1 amide bonds. The molecule has 0 bridgehead atoms. The number of nitrogens with two attached hydrogens (primary N) is 1. The predicted octanol–water partition coefficient (Wildman–Crippen LogP) is -0.152. The van der Waals surface area contributed by atoms with Crippen LogP contribution in [0.5, 0.6) is 0 Å². The zero-order chi connectivity index (χ0) is 12.3. The first-order valence-corrected chi connectivity index (χ1v) is 5.84. The number of carbonyl (C=O) groups excluding carboxylic acids is 1. The van der Waals surface area contributed by atoms with Crippen LogP contribution >= 0.6 is 0 Å². The molecule has 5 heteroatoms. The molecule has 0 radical (unpaired) electrons. The van der Waals surface area contributed by atoms with Crippen LogP contribution in [0.3, 0.4) is 0 Å². The number of hydrazine groups is 1. The molecule has 1 heterocycles. The molecule has 1 fully saturated rings. The predicted molar refractivity (Wildman–Crippen MR) is 62.4 cm³/mol. The highest BCUT2D eigenvalue weighted by Gasteiger charge is 2.32. The molecule has 0 aliphatic carbocycles. The van der Waals surface area contributed by atoms with Gasteiger partial charge in [0.2, 0.25) is 5.91 Å².